The first-order valence-corrected chi connectivity index (χ1v) is 8.79. The van der Waals surface area contributed by atoms with E-state index in [1.54, 1.807) is 16.8 Å². The molecule has 0 radical (unpaired) electrons. The average Bonchev–Trinajstić information content (AvgIpc) is 3.36. The molecule has 0 aromatic carbocycles. The number of nitrogens with zero attached hydrogens (tertiary/aromatic N) is 4. The summed E-state index contributed by atoms with van der Waals surface area (Å²) < 4.78 is 15.1. The molecule has 1 saturated carbocycles. The predicted molar refractivity (Wildman–Crippen MR) is 95.6 cm³/mol. The van der Waals surface area contributed by atoms with Gasteiger partial charge in [-0.1, -0.05) is 11.6 Å². The van der Waals surface area contributed by atoms with E-state index in [0.717, 1.165) is 24.7 Å². The highest BCUT2D eigenvalue weighted by Gasteiger charge is 2.30. The summed E-state index contributed by atoms with van der Waals surface area (Å²) in [7, 11) is 0. The van der Waals surface area contributed by atoms with Gasteiger partial charge in [0.25, 0.3) is 5.91 Å². The summed E-state index contributed by atoms with van der Waals surface area (Å²) in [6, 6.07) is 3.32. The van der Waals surface area contributed by atoms with Gasteiger partial charge in [0.1, 0.15) is 6.33 Å². The molecule has 6 nitrogen and oxygen atoms in total. The molecule has 1 fully saturated rings. The minimum Gasteiger partial charge on any atom is -0.348 e. The largest absolute Gasteiger partial charge is 0.348 e. The zero-order chi connectivity index (χ0) is 18.4. The van der Waals surface area contributed by atoms with E-state index in [9.17, 15) is 9.18 Å². The minimum atomic E-state index is -0.591. The van der Waals surface area contributed by atoms with Crippen molar-refractivity contribution < 1.29 is 9.18 Å². The molecule has 0 bridgehead atoms. The molecular formula is C18H17ClFN5O. The molecule has 3 heterocycles. The lowest BCUT2D eigenvalue weighted by atomic mass is 10.2. The summed E-state index contributed by atoms with van der Waals surface area (Å²) >= 11 is 5.85. The zero-order valence-electron chi connectivity index (χ0n) is 14.3. The van der Waals surface area contributed by atoms with Gasteiger partial charge in [-0.25, -0.2) is 14.4 Å². The number of amides is 1. The van der Waals surface area contributed by atoms with Crippen molar-refractivity contribution in [2.75, 3.05) is 0 Å². The second-order valence-electron chi connectivity index (χ2n) is 6.65. The van der Waals surface area contributed by atoms with Gasteiger partial charge < -0.3 is 5.32 Å². The molecule has 0 aliphatic heterocycles. The molecule has 1 amide bonds. The number of halogens is 2. The van der Waals surface area contributed by atoms with Crippen molar-refractivity contribution >= 4 is 23.2 Å². The number of hydrogen-bond acceptors (Lipinski definition) is 4. The number of imidazole rings is 1. The van der Waals surface area contributed by atoms with Gasteiger partial charge in [-0.3, -0.25) is 14.2 Å². The second kappa shape index (κ2) is 6.32. The summed E-state index contributed by atoms with van der Waals surface area (Å²) in [6.45, 7) is 3.88. The number of aryl methyl sites for hydroxylation is 1. The smallest absolute Gasteiger partial charge is 0.274 e. The second-order valence-corrected chi connectivity index (χ2v) is 7.06. The standard InChI is InChI=1S/C18H17ClFN5O/c1-9-5-15(14-6-12(19)13(20)7-21-14)24-17-16(22-8-25(9)17)18(26)23-10(2)11-3-4-11/h5-8,10-11H,3-4H2,1-2H3,(H,23,26)/t10-/m0/s1. The van der Waals surface area contributed by atoms with Crippen LogP contribution in [0.5, 0.6) is 0 Å². The molecule has 3 aromatic rings. The first-order chi connectivity index (χ1) is 12.4. The number of aromatic nitrogens is 4. The van der Waals surface area contributed by atoms with Crippen LogP contribution in [0.3, 0.4) is 0 Å². The maximum Gasteiger partial charge on any atom is 0.274 e. The van der Waals surface area contributed by atoms with Crippen LogP contribution in [0.1, 0.15) is 35.9 Å². The van der Waals surface area contributed by atoms with Gasteiger partial charge in [0.2, 0.25) is 0 Å². The van der Waals surface area contributed by atoms with Crippen molar-refractivity contribution in [1.29, 1.82) is 0 Å². The van der Waals surface area contributed by atoms with Crippen molar-refractivity contribution in [3.8, 4) is 11.4 Å². The van der Waals surface area contributed by atoms with Crippen molar-refractivity contribution in [2.45, 2.75) is 32.7 Å². The molecule has 134 valence electrons. The van der Waals surface area contributed by atoms with E-state index < -0.39 is 5.82 Å². The molecule has 1 N–H and O–H groups in total. The van der Waals surface area contributed by atoms with Crippen molar-refractivity contribution in [2.24, 2.45) is 5.92 Å². The van der Waals surface area contributed by atoms with E-state index in [2.05, 4.69) is 20.3 Å². The fourth-order valence-electron chi connectivity index (χ4n) is 2.96. The first kappa shape index (κ1) is 16.9. The van der Waals surface area contributed by atoms with Crippen LogP contribution in [0.15, 0.2) is 24.7 Å². The summed E-state index contributed by atoms with van der Waals surface area (Å²) in [6.07, 6.45) is 4.91. The molecule has 0 unspecified atom stereocenters. The van der Waals surface area contributed by atoms with Gasteiger partial charge in [0.15, 0.2) is 17.2 Å². The highest BCUT2D eigenvalue weighted by atomic mass is 35.5. The Morgan fingerprint density at radius 3 is 2.81 bits per heavy atom. The molecule has 26 heavy (non-hydrogen) atoms. The Morgan fingerprint density at radius 2 is 2.12 bits per heavy atom. The van der Waals surface area contributed by atoms with Gasteiger partial charge in [0, 0.05) is 11.7 Å². The summed E-state index contributed by atoms with van der Waals surface area (Å²) in [4.78, 5) is 25.4. The van der Waals surface area contributed by atoms with E-state index in [1.807, 2.05) is 13.8 Å². The number of carbonyl (C=O) groups is 1. The van der Waals surface area contributed by atoms with Crippen molar-refractivity contribution in [3.63, 3.8) is 0 Å². The molecule has 8 heteroatoms. The predicted octanol–water partition coefficient (Wildman–Crippen LogP) is 3.42. The quantitative estimate of drug-likeness (QED) is 0.760. The monoisotopic (exact) mass is 373 g/mol. The van der Waals surface area contributed by atoms with E-state index in [4.69, 9.17) is 11.6 Å². The summed E-state index contributed by atoms with van der Waals surface area (Å²) in [5.74, 6) is -0.295. The van der Waals surface area contributed by atoms with Gasteiger partial charge in [-0.2, -0.15) is 0 Å². The number of rotatable bonds is 4. The van der Waals surface area contributed by atoms with Gasteiger partial charge in [0.05, 0.1) is 22.6 Å². The Kier molecular flexibility index (Phi) is 4.11. The molecule has 0 saturated heterocycles. The van der Waals surface area contributed by atoms with Crippen LogP contribution < -0.4 is 5.32 Å². The fourth-order valence-corrected chi connectivity index (χ4v) is 3.11. The number of pyridine rings is 1. The maximum atomic E-state index is 13.4. The molecule has 3 aromatic heterocycles. The maximum absolute atomic E-state index is 13.4. The third-order valence-corrected chi connectivity index (χ3v) is 4.96. The lowest BCUT2D eigenvalue weighted by Crippen LogP contribution is -2.34. The number of hydrogen-bond donors (Lipinski definition) is 1. The van der Waals surface area contributed by atoms with Crippen LogP contribution in [0, 0.1) is 18.7 Å². The van der Waals surface area contributed by atoms with Crippen LogP contribution in [0.25, 0.3) is 17.0 Å². The minimum absolute atomic E-state index is 0.0286. The van der Waals surface area contributed by atoms with Gasteiger partial charge in [-0.15, -0.1) is 0 Å². The summed E-state index contributed by atoms with van der Waals surface area (Å²) in [5.41, 5.74) is 2.45. The lowest BCUT2D eigenvalue weighted by molar-refractivity contribution is 0.0933. The van der Waals surface area contributed by atoms with E-state index in [0.29, 0.717) is 23.0 Å². The third-order valence-electron chi connectivity index (χ3n) is 4.67. The summed E-state index contributed by atoms with van der Waals surface area (Å²) in [5, 5.41) is 2.96. The highest BCUT2D eigenvalue weighted by Crippen LogP contribution is 2.32. The van der Waals surface area contributed by atoms with Crippen LogP contribution in [0.2, 0.25) is 5.02 Å². The average molecular weight is 374 g/mol. The Morgan fingerprint density at radius 1 is 1.35 bits per heavy atom. The topological polar surface area (TPSA) is 72.2 Å². The zero-order valence-corrected chi connectivity index (χ0v) is 15.1. The van der Waals surface area contributed by atoms with E-state index in [-0.39, 0.29) is 22.7 Å². The lowest BCUT2D eigenvalue weighted by Gasteiger charge is -2.11. The SMILES string of the molecule is Cc1cc(-c2cc(Cl)c(F)cn2)nc2c(C(=O)N[C@@H](C)C3CC3)ncn12. The normalized spacial score (nSPS) is 15.2. The third kappa shape index (κ3) is 3.03. The first-order valence-electron chi connectivity index (χ1n) is 8.41. The van der Waals surface area contributed by atoms with Crippen molar-refractivity contribution in [1.82, 2.24) is 24.7 Å². The van der Waals surface area contributed by atoms with E-state index in [1.165, 1.54) is 6.07 Å². The fraction of sp³-hybridized carbons (Fsp3) is 0.333. The molecule has 1 atom stereocenters. The van der Waals surface area contributed by atoms with Gasteiger partial charge in [-0.05, 0) is 44.7 Å². The Labute approximate surface area is 154 Å². The van der Waals surface area contributed by atoms with Crippen LogP contribution >= 0.6 is 11.6 Å². The van der Waals surface area contributed by atoms with Gasteiger partial charge >= 0.3 is 0 Å². The Balaban J connectivity index is 1.74. The van der Waals surface area contributed by atoms with E-state index >= 15 is 0 Å². The molecule has 4 rings (SSSR count). The Hall–Kier alpha value is -2.54. The number of carbonyl (C=O) groups excluding carboxylic acids is 1. The highest BCUT2D eigenvalue weighted by molar-refractivity contribution is 6.30. The van der Waals surface area contributed by atoms with Crippen LogP contribution in [-0.4, -0.2) is 31.3 Å². The van der Waals surface area contributed by atoms with Crippen LogP contribution in [0.4, 0.5) is 4.39 Å². The van der Waals surface area contributed by atoms with Crippen molar-refractivity contribution in [3.05, 3.63) is 46.9 Å². The molecule has 0 spiro atoms. The Bertz CT molecular complexity index is 1010. The molecule has 1 aliphatic rings. The molecule has 1 aliphatic carbocycles. The number of nitrogens with one attached hydrogen (secondary N) is 1. The molecular weight excluding hydrogens is 357 g/mol. The van der Waals surface area contributed by atoms with Crippen LogP contribution in [-0.2, 0) is 0 Å². The number of fused-ring (bicyclic) bond motifs is 1.